The minimum atomic E-state index is -0.751. The van der Waals surface area contributed by atoms with Crippen LogP contribution in [0.5, 0.6) is 0 Å². The molecule has 1 aliphatic rings. The molecule has 0 bridgehead atoms. The monoisotopic (exact) mass is 356 g/mol. The summed E-state index contributed by atoms with van der Waals surface area (Å²) in [6.07, 6.45) is 7.84. The number of halogens is 2. The van der Waals surface area contributed by atoms with Crippen LogP contribution in [0.2, 0.25) is 0 Å². The van der Waals surface area contributed by atoms with E-state index in [1.807, 2.05) is 12.1 Å². The second-order valence-electron chi connectivity index (χ2n) is 8.13. The Morgan fingerprint density at radius 2 is 1.58 bits per heavy atom. The molecule has 1 unspecified atom stereocenters. The van der Waals surface area contributed by atoms with Crippen LogP contribution in [0.4, 0.5) is 8.78 Å². The fraction of sp³-hybridized carbons (Fsp3) is 0.500. The Kier molecular flexibility index (Phi) is 6.11. The highest BCUT2D eigenvalue weighted by Gasteiger charge is 2.24. The van der Waals surface area contributed by atoms with Gasteiger partial charge in [0.05, 0.1) is 0 Å². The van der Waals surface area contributed by atoms with E-state index in [4.69, 9.17) is 0 Å². The number of rotatable bonds is 5. The molecule has 1 aliphatic carbocycles. The number of aryl methyl sites for hydroxylation is 1. The minimum absolute atomic E-state index is 0.339. The molecule has 0 nitrogen and oxygen atoms in total. The molecule has 2 aromatic rings. The van der Waals surface area contributed by atoms with Crippen molar-refractivity contribution >= 4 is 0 Å². The molecule has 140 valence electrons. The molecule has 3 rings (SSSR count). The molecule has 1 fully saturated rings. The van der Waals surface area contributed by atoms with Crippen LogP contribution in [0.25, 0.3) is 11.1 Å². The Morgan fingerprint density at radius 1 is 0.923 bits per heavy atom. The fourth-order valence-electron chi connectivity index (χ4n) is 4.39. The van der Waals surface area contributed by atoms with Gasteiger partial charge in [-0.05, 0) is 60.6 Å². The largest absolute Gasteiger partial charge is 0.203 e. The van der Waals surface area contributed by atoms with Crippen LogP contribution < -0.4 is 0 Å². The summed E-state index contributed by atoms with van der Waals surface area (Å²) in [6.45, 7) is 6.25. The summed E-state index contributed by atoms with van der Waals surface area (Å²) in [5, 5.41) is 0. The molecule has 0 aliphatic heterocycles. The summed E-state index contributed by atoms with van der Waals surface area (Å²) >= 11 is 0. The summed E-state index contributed by atoms with van der Waals surface area (Å²) in [6, 6.07) is 11.3. The van der Waals surface area contributed by atoms with E-state index in [9.17, 15) is 8.78 Å². The first-order valence-electron chi connectivity index (χ1n) is 10.0. The van der Waals surface area contributed by atoms with Crippen LogP contribution in [-0.4, -0.2) is 0 Å². The summed E-state index contributed by atoms with van der Waals surface area (Å²) in [5.41, 5.74) is 2.70. The molecule has 26 heavy (non-hydrogen) atoms. The van der Waals surface area contributed by atoms with Crippen LogP contribution in [0.15, 0.2) is 36.4 Å². The molecule has 0 amide bonds. The summed E-state index contributed by atoms with van der Waals surface area (Å²) in [7, 11) is 0. The predicted octanol–water partition coefficient (Wildman–Crippen LogP) is 7.34. The van der Waals surface area contributed by atoms with Crippen molar-refractivity contribution in [2.24, 2.45) is 17.8 Å². The Morgan fingerprint density at radius 3 is 2.19 bits per heavy atom. The van der Waals surface area contributed by atoms with Crippen molar-refractivity contribution < 1.29 is 8.78 Å². The third-order valence-corrected chi connectivity index (χ3v) is 6.37. The molecule has 0 N–H and O–H groups in total. The normalized spacial score (nSPS) is 21.6. The molecule has 0 saturated heterocycles. The molecule has 2 aromatic carbocycles. The first kappa shape index (κ1) is 19.1. The van der Waals surface area contributed by atoms with E-state index < -0.39 is 11.6 Å². The maximum Gasteiger partial charge on any atom is 0.166 e. The third-order valence-electron chi connectivity index (χ3n) is 6.37. The number of hydrogen-bond acceptors (Lipinski definition) is 0. The van der Waals surface area contributed by atoms with Crippen molar-refractivity contribution in [1.82, 2.24) is 0 Å². The van der Waals surface area contributed by atoms with Crippen LogP contribution in [0.1, 0.15) is 57.1 Å². The van der Waals surface area contributed by atoms with E-state index in [0.717, 1.165) is 23.8 Å². The van der Waals surface area contributed by atoms with Gasteiger partial charge < -0.3 is 0 Å². The van der Waals surface area contributed by atoms with Gasteiger partial charge in [-0.3, -0.25) is 0 Å². The SMILES string of the molecule is CCC1CCC(C(C)Cc2ccc(-c3ccc(C)c(F)c3F)cc2)CC1. The average molecular weight is 357 g/mol. The smallest absolute Gasteiger partial charge is 0.166 e. The van der Waals surface area contributed by atoms with Gasteiger partial charge in [-0.15, -0.1) is 0 Å². The van der Waals surface area contributed by atoms with Crippen molar-refractivity contribution in [3.63, 3.8) is 0 Å². The molecular weight excluding hydrogens is 326 g/mol. The van der Waals surface area contributed by atoms with Crippen LogP contribution in [0.3, 0.4) is 0 Å². The summed E-state index contributed by atoms with van der Waals surface area (Å²) in [4.78, 5) is 0. The lowest BCUT2D eigenvalue weighted by atomic mass is 9.74. The van der Waals surface area contributed by atoms with Gasteiger partial charge in [0.2, 0.25) is 0 Å². The van der Waals surface area contributed by atoms with Crippen molar-refractivity contribution in [3.8, 4) is 11.1 Å². The van der Waals surface area contributed by atoms with E-state index in [-0.39, 0.29) is 0 Å². The van der Waals surface area contributed by atoms with Gasteiger partial charge in [-0.1, -0.05) is 69.5 Å². The zero-order chi connectivity index (χ0) is 18.7. The van der Waals surface area contributed by atoms with Gasteiger partial charge in [0, 0.05) is 5.56 Å². The first-order valence-corrected chi connectivity index (χ1v) is 10.0. The van der Waals surface area contributed by atoms with Crippen molar-refractivity contribution in [2.75, 3.05) is 0 Å². The minimum Gasteiger partial charge on any atom is -0.203 e. The van der Waals surface area contributed by atoms with E-state index in [2.05, 4.69) is 26.0 Å². The quantitative estimate of drug-likeness (QED) is 0.526. The average Bonchev–Trinajstić information content (AvgIpc) is 2.67. The topological polar surface area (TPSA) is 0 Å². The molecule has 0 radical (unpaired) electrons. The molecule has 2 heteroatoms. The van der Waals surface area contributed by atoms with Gasteiger partial charge >= 0.3 is 0 Å². The lowest BCUT2D eigenvalue weighted by Gasteiger charge is -2.32. The van der Waals surface area contributed by atoms with Crippen LogP contribution in [-0.2, 0) is 6.42 Å². The van der Waals surface area contributed by atoms with Crippen LogP contribution >= 0.6 is 0 Å². The third kappa shape index (κ3) is 4.16. The highest BCUT2D eigenvalue weighted by molar-refractivity contribution is 5.65. The molecule has 0 aromatic heterocycles. The molecule has 0 heterocycles. The van der Waals surface area contributed by atoms with E-state index in [1.54, 1.807) is 19.1 Å². The molecular formula is C24H30F2. The lowest BCUT2D eigenvalue weighted by Crippen LogP contribution is -2.21. The molecule has 1 saturated carbocycles. The number of benzene rings is 2. The zero-order valence-electron chi connectivity index (χ0n) is 16.2. The standard InChI is InChI=1S/C24H30F2/c1-4-18-6-10-20(11-7-18)17(3)15-19-8-12-21(13-9-19)22-14-5-16(2)23(25)24(22)26/h5,8-9,12-14,17-18,20H,4,6-7,10-11,15H2,1-3H3. The maximum atomic E-state index is 14.2. The van der Waals surface area contributed by atoms with Crippen LogP contribution in [0, 0.1) is 36.3 Å². The second-order valence-corrected chi connectivity index (χ2v) is 8.13. The number of hydrogen-bond donors (Lipinski definition) is 0. The van der Waals surface area contributed by atoms with E-state index in [0.29, 0.717) is 17.0 Å². The van der Waals surface area contributed by atoms with Gasteiger partial charge in [-0.25, -0.2) is 8.78 Å². The Hall–Kier alpha value is -1.70. The summed E-state index contributed by atoms with van der Waals surface area (Å²) in [5.74, 6) is 0.928. The van der Waals surface area contributed by atoms with Gasteiger partial charge in [-0.2, -0.15) is 0 Å². The van der Waals surface area contributed by atoms with Crippen molar-refractivity contribution in [1.29, 1.82) is 0 Å². The highest BCUT2D eigenvalue weighted by Crippen LogP contribution is 2.36. The van der Waals surface area contributed by atoms with E-state index in [1.165, 1.54) is 37.7 Å². The van der Waals surface area contributed by atoms with E-state index >= 15 is 0 Å². The second kappa shape index (κ2) is 8.33. The van der Waals surface area contributed by atoms with Gasteiger partial charge in [0.1, 0.15) is 0 Å². The molecule has 0 spiro atoms. The first-order chi connectivity index (χ1) is 12.5. The Balaban J connectivity index is 1.66. The van der Waals surface area contributed by atoms with Gasteiger partial charge in [0.15, 0.2) is 11.6 Å². The Bertz CT molecular complexity index is 725. The maximum absolute atomic E-state index is 14.2. The molecule has 1 atom stereocenters. The zero-order valence-corrected chi connectivity index (χ0v) is 16.2. The Labute approximate surface area is 156 Å². The fourth-order valence-corrected chi connectivity index (χ4v) is 4.39. The predicted molar refractivity (Wildman–Crippen MR) is 105 cm³/mol. The highest BCUT2D eigenvalue weighted by atomic mass is 19.2. The van der Waals surface area contributed by atoms with Gasteiger partial charge in [0.25, 0.3) is 0 Å². The van der Waals surface area contributed by atoms with Crippen molar-refractivity contribution in [3.05, 3.63) is 59.2 Å². The van der Waals surface area contributed by atoms with Crippen molar-refractivity contribution in [2.45, 2.75) is 59.3 Å². The lowest BCUT2D eigenvalue weighted by molar-refractivity contribution is 0.210. The summed E-state index contributed by atoms with van der Waals surface area (Å²) < 4.78 is 28.0.